The van der Waals surface area contributed by atoms with Gasteiger partial charge in [-0.05, 0) is 69.5 Å². The summed E-state index contributed by atoms with van der Waals surface area (Å²) in [6, 6.07) is 12.9. The second-order valence-corrected chi connectivity index (χ2v) is 10.2. The van der Waals surface area contributed by atoms with Crippen LogP contribution in [0.4, 0.5) is 14.9 Å². The second kappa shape index (κ2) is 8.62. The van der Waals surface area contributed by atoms with Gasteiger partial charge in [-0.1, -0.05) is 30.3 Å². The number of carbonyl (C=O) groups is 3. The molecular weight excluding hydrogens is 463 g/mol. The molecule has 36 heavy (non-hydrogen) atoms. The van der Waals surface area contributed by atoms with Gasteiger partial charge in [0.05, 0.1) is 23.6 Å². The minimum Gasteiger partial charge on any atom is -0.474 e. The Labute approximate surface area is 208 Å². The molecule has 7 nitrogen and oxygen atoms in total. The van der Waals surface area contributed by atoms with E-state index in [0.29, 0.717) is 23.3 Å². The van der Waals surface area contributed by atoms with Gasteiger partial charge in [-0.25, -0.2) is 14.1 Å². The Hall–Kier alpha value is -3.94. The van der Waals surface area contributed by atoms with Crippen molar-refractivity contribution in [2.24, 2.45) is 5.92 Å². The summed E-state index contributed by atoms with van der Waals surface area (Å²) in [5.41, 5.74) is 2.29. The maximum absolute atomic E-state index is 13.9. The van der Waals surface area contributed by atoms with Crippen molar-refractivity contribution >= 4 is 23.6 Å². The molecule has 3 aliphatic rings. The third-order valence-electron chi connectivity index (χ3n) is 6.55. The molecule has 0 spiro atoms. The van der Waals surface area contributed by atoms with Crippen LogP contribution in [0.1, 0.15) is 44.9 Å². The number of ether oxygens (including phenoxy) is 2. The van der Waals surface area contributed by atoms with Crippen LogP contribution in [0, 0.1) is 11.7 Å². The average molecular weight is 491 g/mol. The van der Waals surface area contributed by atoms with Gasteiger partial charge in [-0.2, -0.15) is 0 Å². The van der Waals surface area contributed by atoms with Crippen molar-refractivity contribution in [1.29, 1.82) is 0 Å². The Morgan fingerprint density at radius 1 is 1.08 bits per heavy atom. The summed E-state index contributed by atoms with van der Waals surface area (Å²) in [6.45, 7) is 6.90. The van der Waals surface area contributed by atoms with Crippen LogP contribution in [0.5, 0.6) is 0 Å². The van der Waals surface area contributed by atoms with Crippen molar-refractivity contribution < 1.29 is 28.2 Å². The van der Waals surface area contributed by atoms with E-state index in [1.807, 2.05) is 24.3 Å². The first kappa shape index (κ1) is 23.8. The molecule has 1 aliphatic carbocycles. The van der Waals surface area contributed by atoms with Gasteiger partial charge in [-0.3, -0.25) is 14.5 Å². The van der Waals surface area contributed by atoms with Crippen molar-refractivity contribution in [3.63, 3.8) is 0 Å². The lowest BCUT2D eigenvalue weighted by molar-refractivity contribution is -0.125. The summed E-state index contributed by atoms with van der Waals surface area (Å²) in [6.07, 6.45) is 1.95. The minimum atomic E-state index is -0.864. The van der Waals surface area contributed by atoms with Gasteiger partial charge in [0.1, 0.15) is 11.4 Å². The second-order valence-electron chi connectivity index (χ2n) is 10.2. The van der Waals surface area contributed by atoms with E-state index in [9.17, 15) is 18.8 Å². The Kier molecular flexibility index (Phi) is 5.70. The van der Waals surface area contributed by atoms with Crippen molar-refractivity contribution in [2.45, 2.75) is 52.0 Å². The highest BCUT2D eigenvalue weighted by Gasteiger charge is 2.53. The third-order valence-corrected chi connectivity index (χ3v) is 6.55. The topological polar surface area (TPSA) is 76.2 Å². The molecule has 8 heteroatoms. The van der Waals surface area contributed by atoms with E-state index in [4.69, 9.17) is 9.47 Å². The van der Waals surface area contributed by atoms with Gasteiger partial charge in [-0.15, -0.1) is 0 Å². The highest BCUT2D eigenvalue weighted by Crippen LogP contribution is 2.50. The smallest absolute Gasteiger partial charge is 0.417 e. The van der Waals surface area contributed by atoms with Crippen LogP contribution in [0.2, 0.25) is 0 Å². The standard InChI is InChI=1S/C28H27FN2O5/c1-16-12-23(30(25(16)32)19-10-7-9-18(29)14-19)35-15-22-21-13-17-8-5-6-11-20(17)24(21)31(26(22)33)27(34)36-28(2,3)4/h5-12,14-15,21,23-24H,13H2,1-4H3. The molecule has 1 saturated heterocycles. The third kappa shape index (κ3) is 4.06. The Balaban J connectivity index is 1.48. The van der Waals surface area contributed by atoms with Gasteiger partial charge >= 0.3 is 6.09 Å². The van der Waals surface area contributed by atoms with E-state index >= 15 is 0 Å². The summed E-state index contributed by atoms with van der Waals surface area (Å²) in [7, 11) is 0. The molecule has 0 radical (unpaired) electrons. The molecule has 1 fully saturated rings. The molecule has 2 aromatic rings. The van der Waals surface area contributed by atoms with Gasteiger partial charge in [0.2, 0.25) is 0 Å². The van der Waals surface area contributed by atoms with Crippen LogP contribution >= 0.6 is 0 Å². The van der Waals surface area contributed by atoms with Crippen molar-refractivity contribution in [3.05, 3.63) is 89.0 Å². The normalized spacial score (nSPS) is 24.2. The number of fused-ring (bicyclic) bond motifs is 3. The van der Waals surface area contributed by atoms with Crippen LogP contribution in [-0.4, -0.2) is 34.6 Å². The molecule has 3 atom stereocenters. The highest BCUT2D eigenvalue weighted by atomic mass is 19.1. The first-order valence-corrected chi connectivity index (χ1v) is 11.8. The number of amides is 3. The molecule has 3 amide bonds. The lowest BCUT2D eigenvalue weighted by Crippen LogP contribution is -2.39. The van der Waals surface area contributed by atoms with E-state index in [1.165, 1.54) is 34.3 Å². The number of halogens is 1. The van der Waals surface area contributed by atoms with Gasteiger partial charge in [0, 0.05) is 11.5 Å². The zero-order valence-corrected chi connectivity index (χ0v) is 20.5. The van der Waals surface area contributed by atoms with E-state index in [0.717, 1.165) is 11.1 Å². The minimum absolute atomic E-state index is 0.313. The number of likely N-dealkylation sites (tertiary alicyclic amines) is 1. The Morgan fingerprint density at radius 3 is 2.56 bits per heavy atom. The lowest BCUT2D eigenvalue weighted by atomic mass is 9.97. The van der Waals surface area contributed by atoms with Crippen LogP contribution in [0.3, 0.4) is 0 Å². The molecular formula is C28H27FN2O5. The SMILES string of the molecule is CC1=CC(OC=C2C(=O)N(C(=O)OC(C)(C)C)C3c4ccccc4CC23)N(c2cccc(F)c2)C1=O. The maximum Gasteiger partial charge on any atom is 0.417 e. The van der Waals surface area contributed by atoms with E-state index in [2.05, 4.69) is 0 Å². The number of anilines is 1. The molecule has 0 saturated carbocycles. The zero-order valence-electron chi connectivity index (χ0n) is 20.5. The molecule has 186 valence electrons. The fraction of sp³-hybridized carbons (Fsp3) is 0.321. The quantitative estimate of drug-likeness (QED) is 0.445. The van der Waals surface area contributed by atoms with E-state index < -0.39 is 35.7 Å². The average Bonchev–Trinajstić information content (AvgIpc) is 3.39. The van der Waals surface area contributed by atoms with Crippen LogP contribution in [-0.2, 0) is 25.5 Å². The first-order chi connectivity index (χ1) is 17.0. The van der Waals surface area contributed by atoms with Crippen LogP contribution in [0.25, 0.3) is 0 Å². The highest BCUT2D eigenvalue weighted by molar-refractivity contribution is 6.08. The van der Waals surface area contributed by atoms with Crippen molar-refractivity contribution in [1.82, 2.24) is 4.90 Å². The molecule has 2 aromatic carbocycles. The van der Waals surface area contributed by atoms with Crippen LogP contribution in [0.15, 0.2) is 72.0 Å². The maximum atomic E-state index is 13.9. The van der Waals surface area contributed by atoms with Gasteiger partial charge in [0.25, 0.3) is 11.8 Å². The lowest BCUT2D eigenvalue weighted by Gasteiger charge is -2.27. The number of benzene rings is 2. The number of carbonyl (C=O) groups excluding carboxylic acids is 3. The predicted octanol–water partition coefficient (Wildman–Crippen LogP) is 5.04. The molecule has 0 aromatic heterocycles. The monoisotopic (exact) mass is 490 g/mol. The summed E-state index contributed by atoms with van der Waals surface area (Å²) in [4.78, 5) is 41.9. The largest absolute Gasteiger partial charge is 0.474 e. The predicted molar refractivity (Wildman–Crippen MR) is 130 cm³/mol. The molecule has 5 rings (SSSR count). The van der Waals surface area contributed by atoms with Gasteiger partial charge < -0.3 is 9.47 Å². The first-order valence-electron chi connectivity index (χ1n) is 11.8. The number of hydrogen-bond acceptors (Lipinski definition) is 5. The summed E-state index contributed by atoms with van der Waals surface area (Å²) in [5.74, 6) is -1.60. The zero-order chi connectivity index (χ0) is 25.8. The summed E-state index contributed by atoms with van der Waals surface area (Å²) in [5, 5.41) is 0. The summed E-state index contributed by atoms with van der Waals surface area (Å²) >= 11 is 0. The molecule has 2 aliphatic heterocycles. The van der Waals surface area contributed by atoms with E-state index in [1.54, 1.807) is 39.8 Å². The van der Waals surface area contributed by atoms with Crippen LogP contribution < -0.4 is 4.90 Å². The molecule has 2 heterocycles. The Bertz CT molecular complexity index is 1330. The number of nitrogens with zero attached hydrogens (tertiary/aromatic N) is 2. The van der Waals surface area contributed by atoms with Crippen molar-refractivity contribution in [2.75, 3.05) is 4.90 Å². The molecule has 3 unspecified atom stereocenters. The van der Waals surface area contributed by atoms with E-state index in [-0.39, 0.29) is 11.8 Å². The summed E-state index contributed by atoms with van der Waals surface area (Å²) < 4.78 is 25.4. The fourth-order valence-corrected chi connectivity index (χ4v) is 5.04. The number of imide groups is 1. The fourth-order valence-electron chi connectivity index (χ4n) is 5.04. The molecule has 0 N–H and O–H groups in total. The van der Waals surface area contributed by atoms with Crippen molar-refractivity contribution in [3.8, 4) is 0 Å². The van der Waals surface area contributed by atoms with Gasteiger partial charge in [0.15, 0.2) is 6.23 Å². The number of rotatable bonds is 3. The Morgan fingerprint density at radius 2 is 1.83 bits per heavy atom. The number of hydrogen-bond donors (Lipinski definition) is 0. The molecule has 0 bridgehead atoms.